The maximum atomic E-state index is 13.1. The van der Waals surface area contributed by atoms with E-state index in [9.17, 15) is 13.2 Å². The third-order valence-electron chi connectivity index (χ3n) is 5.01. The van der Waals surface area contributed by atoms with Crippen LogP contribution >= 0.6 is 15.9 Å². The molecule has 2 atom stereocenters. The number of nitrogens with zero attached hydrogens (tertiary/aromatic N) is 1. The van der Waals surface area contributed by atoms with E-state index in [-0.39, 0.29) is 10.8 Å². The van der Waals surface area contributed by atoms with E-state index in [2.05, 4.69) is 35.1 Å². The molecule has 7 heteroatoms. The van der Waals surface area contributed by atoms with Crippen LogP contribution in [0.3, 0.4) is 0 Å². The smallest absolute Gasteiger partial charge is 0.255 e. The average Bonchev–Trinajstić information content (AvgIpc) is 2.63. The molecular formula is C21H25BrN2O3S. The molecule has 1 aliphatic rings. The van der Waals surface area contributed by atoms with Gasteiger partial charge in [-0.25, -0.2) is 8.42 Å². The zero-order chi connectivity index (χ0) is 20.5. The van der Waals surface area contributed by atoms with Gasteiger partial charge >= 0.3 is 0 Å². The van der Waals surface area contributed by atoms with E-state index in [0.29, 0.717) is 36.2 Å². The number of sulfonamides is 1. The maximum absolute atomic E-state index is 13.1. The molecule has 1 saturated heterocycles. The van der Waals surface area contributed by atoms with Gasteiger partial charge in [-0.2, -0.15) is 4.31 Å². The van der Waals surface area contributed by atoms with Gasteiger partial charge < -0.3 is 5.32 Å². The molecule has 1 amide bonds. The molecule has 2 aromatic carbocycles. The number of hydrogen-bond acceptors (Lipinski definition) is 3. The number of amides is 1. The SMILES string of the molecule is Cc1cc(Br)ccc1NC(=O)c1cccc(S(=O)(=O)N2CC(C)CC(C)C2)c1. The van der Waals surface area contributed by atoms with Gasteiger partial charge in [-0.15, -0.1) is 0 Å². The lowest BCUT2D eigenvalue weighted by atomic mass is 9.94. The molecule has 1 aliphatic heterocycles. The molecule has 3 rings (SSSR count). The van der Waals surface area contributed by atoms with Gasteiger partial charge in [0.05, 0.1) is 4.90 Å². The Bertz CT molecular complexity index is 981. The van der Waals surface area contributed by atoms with E-state index in [4.69, 9.17) is 0 Å². The highest BCUT2D eigenvalue weighted by Gasteiger charge is 2.32. The predicted molar refractivity (Wildman–Crippen MR) is 115 cm³/mol. The second-order valence-corrected chi connectivity index (χ2v) is 10.6. The van der Waals surface area contributed by atoms with Crippen molar-refractivity contribution < 1.29 is 13.2 Å². The number of carbonyl (C=O) groups is 1. The number of hydrogen-bond donors (Lipinski definition) is 1. The molecule has 1 fully saturated rings. The molecular weight excluding hydrogens is 440 g/mol. The minimum atomic E-state index is -3.62. The Kier molecular flexibility index (Phi) is 6.27. The fraction of sp³-hybridized carbons (Fsp3) is 0.381. The summed E-state index contributed by atoms with van der Waals surface area (Å²) in [6, 6.07) is 11.8. The summed E-state index contributed by atoms with van der Waals surface area (Å²) in [5.41, 5.74) is 1.93. The number of aryl methyl sites for hydroxylation is 1. The first-order valence-electron chi connectivity index (χ1n) is 9.34. The van der Waals surface area contributed by atoms with Gasteiger partial charge in [-0.1, -0.05) is 35.8 Å². The summed E-state index contributed by atoms with van der Waals surface area (Å²) in [5, 5.41) is 2.86. The highest BCUT2D eigenvalue weighted by molar-refractivity contribution is 9.10. The van der Waals surface area contributed by atoms with E-state index in [0.717, 1.165) is 16.5 Å². The number of carbonyl (C=O) groups excluding carboxylic acids is 1. The highest BCUT2D eigenvalue weighted by Crippen LogP contribution is 2.27. The Morgan fingerprint density at radius 3 is 2.43 bits per heavy atom. The molecule has 0 spiro atoms. The summed E-state index contributed by atoms with van der Waals surface area (Å²) in [5.74, 6) is 0.318. The monoisotopic (exact) mass is 464 g/mol. The third kappa shape index (κ3) is 4.64. The summed E-state index contributed by atoms with van der Waals surface area (Å²) in [4.78, 5) is 12.8. The van der Waals surface area contributed by atoms with Crippen LogP contribution in [0.2, 0.25) is 0 Å². The van der Waals surface area contributed by atoms with Crippen molar-refractivity contribution >= 4 is 37.5 Å². The molecule has 5 nitrogen and oxygen atoms in total. The van der Waals surface area contributed by atoms with Crippen LogP contribution in [0, 0.1) is 18.8 Å². The summed E-state index contributed by atoms with van der Waals surface area (Å²) in [7, 11) is -3.62. The Hall–Kier alpha value is -1.70. The normalized spacial score (nSPS) is 20.7. The summed E-state index contributed by atoms with van der Waals surface area (Å²) < 4.78 is 28.7. The fourth-order valence-electron chi connectivity index (χ4n) is 3.71. The Balaban J connectivity index is 1.84. The van der Waals surface area contributed by atoms with Gasteiger partial charge in [0.2, 0.25) is 10.0 Å². The van der Waals surface area contributed by atoms with Crippen molar-refractivity contribution in [1.29, 1.82) is 0 Å². The van der Waals surface area contributed by atoms with E-state index in [1.807, 2.05) is 25.1 Å². The lowest BCUT2D eigenvalue weighted by Crippen LogP contribution is -2.42. The van der Waals surface area contributed by atoms with Crippen LogP contribution in [0.4, 0.5) is 5.69 Å². The van der Waals surface area contributed by atoms with Crippen molar-refractivity contribution in [2.45, 2.75) is 32.1 Å². The molecule has 0 aromatic heterocycles. The zero-order valence-corrected chi connectivity index (χ0v) is 18.7. The zero-order valence-electron chi connectivity index (χ0n) is 16.3. The topological polar surface area (TPSA) is 66.5 Å². The van der Waals surface area contributed by atoms with E-state index < -0.39 is 10.0 Å². The van der Waals surface area contributed by atoms with Crippen molar-refractivity contribution in [3.8, 4) is 0 Å². The molecule has 28 heavy (non-hydrogen) atoms. The minimum absolute atomic E-state index is 0.161. The third-order valence-corrected chi connectivity index (χ3v) is 7.33. The number of rotatable bonds is 4. The van der Waals surface area contributed by atoms with Crippen LogP contribution in [0.1, 0.15) is 36.2 Å². The molecule has 2 aromatic rings. The summed E-state index contributed by atoms with van der Waals surface area (Å²) in [6.45, 7) is 7.08. The Labute approximate surface area is 175 Å². The summed E-state index contributed by atoms with van der Waals surface area (Å²) in [6.07, 6.45) is 1.03. The standard InChI is InChI=1S/C21H25BrN2O3S/c1-14-9-15(2)13-24(12-14)28(26,27)19-6-4-5-17(11-19)21(25)23-20-8-7-18(22)10-16(20)3/h4-8,10-11,14-15H,9,12-13H2,1-3H3,(H,23,25). The average molecular weight is 465 g/mol. The quantitative estimate of drug-likeness (QED) is 0.714. The van der Waals surface area contributed by atoms with Crippen LogP contribution in [0.25, 0.3) is 0 Å². The number of nitrogens with one attached hydrogen (secondary N) is 1. The molecule has 2 unspecified atom stereocenters. The molecule has 0 radical (unpaired) electrons. The molecule has 1 heterocycles. The van der Waals surface area contributed by atoms with E-state index >= 15 is 0 Å². The first-order chi connectivity index (χ1) is 13.2. The number of anilines is 1. The summed E-state index contributed by atoms with van der Waals surface area (Å²) >= 11 is 3.40. The van der Waals surface area contributed by atoms with E-state index in [1.165, 1.54) is 6.07 Å². The van der Waals surface area contributed by atoms with Crippen molar-refractivity contribution in [3.05, 3.63) is 58.1 Å². The van der Waals surface area contributed by atoms with Gasteiger partial charge in [0.25, 0.3) is 5.91 Å². The van der Waals surface area contributed by atoms with Crippen LogP contribution in [-0.4, -0.2) is 31.7 Å². The number of benzene rings is 2. The number of halogens is 1. The van der Waals surface area contributed by atoms with Crippen LogP contribution in [-0.2, 0) is 10.0 Å². The van der Waals surface area contributed by atoms with Crippen LogP contribution < -0.4 is 5.32 Å². The predicted octanol–water partition coefficient (Wildman–Crippen LogP) is 4.68. The van der Waals surface area contributed by atoms with E-state index in [1.54, 1.807) is 22.5 Å². The fourth-order valence-corrected chi connectivity index (χ4v) is 5.91. The second kappa shape index (κ2) is 8.35. The van der Waals surface area contributed by atoms with Gasteiger partial charge in [-0.3, -0.25) is 4.79 Å². The number of piperidine rings is 1. The second-order valence-electron chi connectivity index (χ2n) is 7.71. The Morgan fingerprint density at radius 1 is 1.11 bits per heavy atom. The van der Waals surface area contributed by atoms with Gasteiger partial charge in [-0.05, 0) is 67.1 Å². The van der Waals surface area contributed by atoms with Crippen molar-refractivity contribution in [2.75, 3.05) is 18.4 Å². The minimum Gasteiger partial charge on any atom is -0.322 e. The molecule has 150 valence electrons. The molecule has 1 N–H and O–H groups in total. The molecule has 0 bridgehead atoms. The largest absolute Gasteiger partial charge is 0.322 e. The molecule has 0 saturated carbocycles. The first-order valence-corrected chi connectivity index (χ1v) is 11.6. The van der Waals surface area contributed by atoms with Gasteiger partial charge in [0.1, 0.15) is 0 Å². The Morgan fingerprint density at radius 2 is 1.79 bits per heavy atom. The van der Waals surface area contributed by atoms with Crippen molar-refractivity contribution in [2.24, 2.45) is 11.8 Å². The van der Waals surface area contributed by atoms with Crippen molar-refractivity contribution in [3.63, 3.8) is 0 Å². The first kappa shape index (κ1) is 21.0. The highest BCUT2D eigenvalue weighted by atomic mass is 79.9. The maximum Gasteiger partial charge on any atom is 0.255 e. The lowest BCUT2D eigenvalue weighted by molar-refractivity contribution is 0.102. The van der Waals surface area contributed by atoms with Crippen molar-refractivity contribution in [1.82, 2.24) is 4.31 Å². The van der Waals surface area contributed by atoms with Gasteiger partial charge in [0.15, 0.2) is 0 Å². The van der Waals surface area contributed by atoms with Gasteiger partial charge in [0, 0.05) is 28.8 Å². The molecule has 0 aliphatic carbocycles. The lowest BCUT2D eigenvalue weighted by Gasteiger charge is -2.34. The van der Waals surface area contributed by atoms with Crippen LogP contribution in [0.15, 0.2) is 51.8 Å². The van der Waals surface area contributed by atoms with Crippen LogP contribution in [0.5, 0.6) is 0 Å².